The van der Waals surface area contributed by atoms with Crippen LogP contribution in [0.25, 0.3) is 0 Å². The van der Waals surface area contributed by atoms with Crippen LogP contribution in [0.5, 0.6) is 0 Å². The Labute approximate surface area is 40.8 Å². The Balaban J connectivity index is 2.96. The Morgan fingerprint density at radius 2 is 2.57 bits per heavy atom. The van der Waals surface area contributed by atoms with E-state index in [0.29, 0.717) is 5.76 Å². The number of rotatable bonds is 1. The monoisotopic (exact) mass is 96.0 g/mol. The zero-order chi connectivity index (χ0) is 5.11. The Bertz CT molecular complexity index is 141. The second-order valence-corrected chi connectivity index (χ2v) is 1.09. The minimum atomic E-state index is 0.361. The van der Waals surface area contributed by atoms with Crippen LogP contribution >= 0.6 is 0 Å². The lowest BCUT2D eigenvalue weighted by Crippen LogP contribution is -1.67. The molecule has 0 radical (unpaired) electrons. The summed E-state index contributed by atoms with van der Waals surface area (Å²) in [6, 6.07) is 3.29. The minimum absolute atomic E-state index is 0.361. The zero-order valence-corrected chi connectivity index (χ0v) is 3.59. The number of hydrogen-bond donors (Lipinski definition) is 0. The van der Waals surface area contributed by atoms with E-state index in [1.165, 1.54) is 6.26 Å². The highest BCUT2D eigenvalue weighted by atomic mass is 16.3. The molecule has 0 fully saturated rings. The van der Waals surface area contributed by atoms with Gasteiger partial charge >= 0.3 is 0 Å². The highest BCUT2D eigenvalue weighted by Crippen LogP contribution is 1.92. The van der Waals surface area contributed by atoms with E-state index in [1.807, 2.05) is 6.29 Å². The molecule has 0 saturated heterocycles. The normalized spacial score (nSPS) is 8.57. The molecule has 0 aromatic carbocycles. The third-order valence-corrected chi connectivity index (χ3v) is 0.631. The van der Waals surface area contributed by atoms with Gasteiger partial charge in [0.2, 0.25) is 0 Å². The van der Waals surface area contributed by atoms with Crippen LogP contribution in [0, 0.1) is 0 Å². The molecule has 1 heterocycles. The Hall–Kier alpha value is -1.05. The van der Waals surface area contributed by atoms with Crippen molar-refractivity contribution in [2.75, 3.05) is 0 Å². The third kappa shape index (κ3) is 0.682. The van der Waals surface area contributed by atoms with Crippen LogP contribution in [-0.2, 0) is 0 Å². The van der Waals surface area contributed by atoms with E-state index in [9.17, 15) is 0 Å². The van der Waals surface area contributed by atoms with Gasteiger partial charge in [-0.1, -0.05) is 0 Å². The standard InChI is InChI=1S/C5H4O2/c6-4-5-2-1-3-7-5/h1-3,6H. The summed E-state index contributed by atoms with van der Waals surface area (Å²) in [6.07, 6.45) is 3.31. The van der Waals surface area contributed by atoms with Crippen molar-refractivity contribution in [1.82, 2.24) is 0 Å². The number of furan rings is 1. The first-order valence-corrected chi connectivity index (χ1v) is 1.87. The Kier molecular flexibility index (Phi) is 0.941. The summed E-state index contributed by atoms with van der Waals surface area (Å²) >= 11 is 0. The van der Waals surface area contributed by atoms with E-state index >= 15 is 0 Å². The van der Waals surface area contributed by atoms with Gasteiger partial charge in [0.1, 0.15) is 0 Å². The topological polar surface area (TPSA) is 34.5 Å². The van der Waals surface area contributed by atoms with Gasteiger partial charge in [-0.3, -0.25) is 0 Å². The molecule has 1 rings (SSSR count). The van der Waals surface area contributed by atoms with Crippen molar-refractivity contribution in [2.45, 2.75) is 0 Å². The van der Waals surface area contributed by atoms with Crippen molar-refractivity contribution in [2.24, 2.45) is 0 Å². The summed E-state index contributed by atoms with van der Waals surface area (Å²) in [4.78, 5) is 8.08. The van der Waals surface area contributed by atoms with Crippen LogP contribution < -0.4 is 0 Å². The highest BCUT2D eigenvalue weighted by molar-refractivity contribution is 5.70. The van der Waals surface area contributed by atoms with Crippen molar-refractivity contribution in [3.63, 3.8) is 0 Å². The summed E-state index contributed by atoms with van der Waals surface area (Å²) < 4.78 is 4.62. The Morgan fingerprint density at radius 1 is 1.71 bits per heavy atom. The van der Waals surface area contributed by atoms with E-state index in [0.717, 1.165) is 0 Å². The fourth-order valence-electron chi connectivity index (χ4n) is 0.342. The molecule has 0 unspecified atom stereocenters. The molecule has 0 atom stereocenters. The average molecular weight is 96.1 g/mol. The van der Waals surface area contributed by atoms with E-state index in [1.54, 1.807) is 12.1 Å². The van der Waals surface area contributed by atoms with Gasteiger partial charge in [0, 0.05) is 0 Å². The molecule has 2 nitrogen and oxygen atoms in total. The summed E-state index contributed by atoms with van der Waals surface area (Å²) in [7, 11) is 0. The molecule has 0 bridgehead atoms. The smallest absolute Gasteiger partial charge is 0.259 e. The minimum Gasteiger partial charge on any atom is -0.496 e. The summed E-state index contributed by atoms with van der Waals surface area (Å²) in [6.45, 7) is 0. The number of carbonyl (C=O) groups excluding carboxylic acids is 1. The second-order valence-electron chi connectivity index (χ2n) is 1.09. The molecule has 0 saturated carbocycles. The maximum Gasteiger partial charge on any atom is 0.259 e. The van der Waals surface area contributed by atoms with Gasteiger partial charge in [0.05, 0.1) is 12.0 Å². The van der Waals surface area contributed by atoms with Crippen LogP contribution in [0.2, 0.25) is 0 Å². The maximum atomic E-state index is 8.08. The van der Waals surface area contributed by atoms with Crippen LogP contribution in [0.1, 0.15) is 5.76 Å². The van der Waals surface area contributed by atoms with Crippen LogP contribution in [0.4, 0.5) is 0 Å². The molecule has 0 aliphatic heterocycles. The van der Waals surface area contributed by atoms with Crippen molar-refractivity contribution in [3.8, 4) is 0 Å². The third-order valence-electron chi connectivity index (χ3n) is 0.631. The molecule has 0 aliphatic rings. The van der Waals surface area contributed by atoms with E-state index in [4.69, 9.17) is 4.79 Å². The van der Waals surface area contributed by atoms with E-state index in [-0.39, 0.29) is 0 Å². The quantitative estimate of drug-likeness (QED) is 0.374. The molecule has 0 aliphatic carbocycles. The van der Waals surface area contributed by atoms with Crippen LogP contribution in [0.3, 0.4) is 0 Å². The molecule has 36 valence electrons. The first-order valence-electron chi connectivity index (χ1n) is 1.87. The average Bonchev–Trinajstić information content (AvgIpc) is 2.14. The predicted octanol–water partition coefficient (Wildman–Crippen LogP) is 0.679. The van der Waals surface area contributed by atoms with Crippen LogP contribution in [0.15, 0.2) is 22.8 Å². The predicted molar refractivity (Wildman–Crippen MR) is 24.8 cm³/mol. The SMILES string of the molecule is [OH+]=[C-]c1ccco1. The van der Waals surface area contributed by atoms with Gasteiger partial charge < -0.3 is 9.21 Å². The number of hydrogen-bond acceptors (Lipinski definition) is 1. The molecular weight excluding hydrogens is 92.1 g/mol. The summed E-state index contributed by atoms with van der Waals surface area (Å²) in [5, 5.41) is 0. The van der Waals surface area contributed by atoms with E-state index in [2.05, 4.69) is 4.42 Å². The molecular formula is C5H4O2. The molecule has 1 N–H and O–H groups in total. The maximum absolute atomic E-state index is 8.08. The van der Waals surface area contributed by atoms with Crippen LogP contribution in [-0.4, -0.2) is 11.1 Å². The van der Waals surface area contributed by atoms with Gasteiger partial charge in [-0.15, -0.1) is 6.07 Å². The van der Waals surface area contributed by atoms with Gasteiger partial charge in [0.15, 0.2) is 0 Å². The summed E-state index contributed by atoms with van der Waals surface area (Å²) in [5.74, 6) is 0.361. The fourth-order valence-corrected chi connectivity index (χ4v) is 0.342. The largest absolute Gasteiger partial charge is 0.496 e. The molecule has 1 aromatic heterocycles. The van der Waals surface area contributed by atoms with Gasteiger partial charge in [-0.2, -0.15) is 6.07 Å². The molecule has 1 aromatic rings. The van der Waals surface area contributed by atoms with Crippen molar-refractivity contribution in [1.29, 1.82) is 0 Å². The lowest BCUT2D eigenvalue weighted by Gasteiger charge is -1.74. The first-order chi connectivity index (χ1) is 3.43. The van der Waals surface area contributed by atoms with Crippen molar-refractivity contribution >= 4 is 6.29 Å². The molecule has 0 amide bonds. The summed E-state index contributed by atoms with van der Waals surface area (Å²) in [5.41, 5.74) is 0. The molecule has 7 heavy (non-hydrogen) atoms. The first kappa shape index (κ1) is 4.12. The lowest BCUT2D eigenvalue weighted by atomic mass is 10.5. The highest BCUT2D eigenvalue weighted by Gasteiger charge is 1.78. The van der Waals surface area contributed by atoms with Gasteiger partial charge in [0.25, 0.3) is 6.29 Å². The fraction of sp³-hybridized carbons (Fsp3) is 0. The zero-order valence-electron chi connectivity index (χ0n) is 3.59. The lowest BCUT2D eigenvalue weighted by molar-refractivity contribution is 0.548. The van der Waals surface area contributed by atoms with E-state index < -0.39 is 0 Å². The molecule has 2 heteroatoms. The van der Waals surface area contributed by atoms with Crippen molar-refractivity contribution in [3.05, 3.63) is 24.2 Å². The van der Waals surface area contributed by atoms with Gasteiger partial charge in [-0.25, -0.2) is 0 Å². The second kappa shape index (κ2) is 1.60. The van der Waals surface area contributed by atoms with Crippen molar-refractivity contribution < 1.29 is 9.21 Å². The molecule has 0 spiro atoms. The van der Waals surface area contributed by atoms with Gasteiger partial charge in [-0.05, 0) is 0 Å². The Morgan fingerprint density at radius 3 is 2.86 bits per heavy atom.